The Bertz CT molecular complexity index is 1080. The van der Waals surface area contributed by atoms with Crippen molar-refractivity contribution in [1.29, 1.82) is 0 Å². The molecule has 1 aliphatic heterocycles. The Morgan fingerprint density at radius 3 is 2.80 bits per heavy atom. The number of aryl methyl sites for hydroxylation is 1. The van der Waals surface area contributed by atoms with Gasteiger partial charge in [0, 0.05) is 18.6 Å². The first-order chi connectivity index (χ1) is 14.2. The summed E-state index contributed by atoms with van der Waals surface area (Å²) in [6, 6.07) is 7.08. The van der Waals surface area contributed by atoms with Gasteiger partial charge in [-0.2, -0.15) is 18.3 Å². The van der Waals surface area contributed by atoms with Crippen LogP contribution in [0.25, 0.3) is 0 Å². The maximum absolute atomic E-state index is 13.8. The van der Waals surface area contributed by atoms with Gasteiger partial charge >= 0.3 is 6.18 Å². The Balaban J connectivity index is 1.65. The highest BCUT2D eigenvalue weighted by Gasteiger charge is 2.46. The summed E-state index contributed by atoms with van der Waals surface area (Å²) in [5.41, 5.74) is 0.471. The molecular weight excluding hydrogens is 403 g/mol. The highest BCUT2D eigenvalue weighted by atomic mass is 19.4. The van der Waals surface area contributed by atoms with Gasteiger partial charge in [-0.1, -0.05) is 17.3 Å². The smallest absolute Gasteiger partial charge is 0.410 e. The molecule has 2 N–H and O–H groups in total. The van der Waals surface area contributed by atoms with Crippen molar-refractivity contribution in [1.82, 2.24) is 14.9 Å². The molecule has 0 unspecified atom stereocenters. The number of ether oxygens (including phenoxy) is 1. The summed E-state index contributed by atoms with van der Waals surface area (Å²) < 4.78 is 52.2. The Labute approximate surface area is 169 Å². The zero-order valence-electron chi connectivity index (χ0n) is 16.0. The van der Waals surface area contributed by atoms with E-state index in [1.807, 2.05) is 0 Å². The first kappa shape index (κ1) is 19.8. The largest absolute Gasteiger partial charge is 0.497 e. The number of alkyl halides is 3. The summed E-state index contributed by atoms with van der Waals surface area (Å²) in [6.45, 7) is 1.65. The number of benzene rings is 1. The molecule has 3 aromatic rings. The van der Waals surface area contributed by atoms with Gasteiger partial charge in [-0.25, -0.2) is 4.68 Å². The SMILES string of the molecule is COc1cccc([C@H]2C[C@@H](C(F)(F)F)n3nc(C(=O)Nc4cc(C)on4)cc3N2)c1. The number of amides is 1. The summed E-state index contributed by atoms with van der Waals surface area (Å²) in [4.78, 5) is 12.4. The van der Waals surface area contributed by atoms with Gasteiger partial charge < -0.3 is 19.9 Å². The first-order valence-corrected chi connectivity index (χ1v) is 9.06. The van der Waals surface area contributed by atoms with Crippen LogP contribution in [-0.4, -0.2) is 34.1 Å². The van der Waals surface area contributed by atoms with Gasteiger partial charge in [-0.3, -0.25) is 4.79 Å². The molecule has 2 aromatic heterocycles. The van der Waals surface area contributed by atoms with E-state index in [0.717, 1.165) is 4.68 Å². The van der Waals surface area contributed by atoms with E-state index < -0.39 is 24.2 Å². The van der Waals surface area contributed by atoms with E-state index in [1.165, 1.54) is 19.2 Å². The molecule has 0 bridgehead atoms. The first-order valence-electron chi connectivity index (χ1n) is 9.06. The zero-order chi connectivity index (χ0) is 21.5. The summed E-state index contributed by atoms with van der Waals surface area (Å²) in [7, 11) is 1.49. The molecule has 0 fully saturated rings. The van der Waals surface area contributed by atoms with Crippen LogP contribution in [0.1, 0.15) is 40.3 Å². The lowest BCUT2D eigenvalue weighted by atomic mass is 9.97. The van der Waals surface area contributed by atoms with Gasteiger partial charge in [0.15, 0.2) is 17.6 Å². The second kappa shape index (κ2) is 7.39. The van der Waals surface area contributed by atoms with Crippen LogP contribution < -0.4 is 15.4 Å². The van der Waals surface area contributed by atoms with Crippen LogP contribution in [0.5, 0.6) is 5.75 Å². The molecular formula is C19H18F3N5O3. The second-order valence-corrected chi connectivity index (χ2v) is 6.90. The highest BCUT2D eigenvalue weighted by molar-refractivity contribution is 6.02. The number of hydrogen-bond acceptors (Lipinski definition) is 6. The molecule has 30 heavy (non-hydrogen) atoms. The Morgan fingerprint density at radius 1 is 1.33 bits per heavy atom. The number of hydrogen-bond donors (Lipinski definition) is 2. The zero-order valence-corrected chi connectivity index (χ0v) is 16.0. The lowest BCUT2D eigenvalue weighted by molar-refractivity contribution is -0.173. The van der Waals surface area contributed by atoms with E-state index in [0.29, 0.717) is 17.1 Å². The number of halogens is 3. The molecule has 4 rings (SSSR count). The third-order valence-electron chi connectivity index (χ3n) is 4.79. The molecule has 0 saturated carbocycles. The molecule has 0 spiro atoms. The molecule has 0 saturated heterocycles. The maximum atomic E-state index is 13.8. The lowest BCUT2D eigenvalue weighted by Gasteiger charge is -2.33. The quantitative estimate of drug-likeness (QED) is 0.659. The average Bonchev–Trinajstić information content (AvgIpc) is 3.32. The molecule has 3 heterocycles. The van der Waals surface area contributed by atoms with Gasteiger partial charge in [-0.15, -0.1) is 0 Å². The molecule has 0 radical (unpaired) electrons. The van der Waals surface area contributed by atoms with Crippen LogP contribution in [-0.2, 0) is 0 Å². The average molecular weight is 421 g/mol. The molecule has 2 atom stereocenters. The van der Waals surface area contributed by atoms with Crippen LogP contribution in [0.15, 0.2) is 40.9 Å². The predicted molar refractivity (Wildman–Crippen MR) is 100 cm³/mol. The van der Waals surface area contributed by atoms with E-state index in [4.69, 9.17) is 9.26 Å². The minimum atomic E-state index is -4.54. The van der Waals surface area contributed by atoms with Gasteiger partial charge in [-0.05, 0) is 24.6 Å². The van der Waals surface area contributed by atoms with Crippen molar-refractivity contribution in [2.75, 3.05) is 17.7 Å². The van der Waals surface area contributed by atoms with Crippen LogP contribution in [0, 0.1) is 6.92 Å². The topological polar surface area (TPSA) is 94.2 Å². The number of carbonyl (C=O) groups is 1. The van der Waals surface area contributed by atoms with Crippen molar-refractivity contribution in [2.24, 2.45) is 0 Å². The van der Waals surface area contributed by atoms with Crippen molar-refractivity contribution >= 4 is 17.5 Å². The minimum absolute atomic E-state index is 0.0953. The van der Waals surface area contributed by atoms with Crippen molar-refractivity contribution in [3.05, 3.63) is 53.4 Å². The van der Waals surface area contributed by atoms with Gasteiger partial charge in [0.1, 0.15) is 17.3 Å². The van der Waals surface area contributed by atoms with Crippen LogP contribution in [0.4, 0.5) is 24.8 Å². The Hall–Kier alpha value is -3.50. The van der Waals surface area contributed by atoms with E-state index in [1.54, 1.807) is 31.2 Å². The molecule has 1 amide bonds. The van der Waals surface area contributed by atoms with Crippen molar-refractivity contribution in [3.8, 4) is 5.75 Å². The second-order valence-electron chi connectivity index (χ2n) is 6.90. The van der Waals surface area contributed by atoms with Crippen LogP contribution in [0.3, 0.4) is 0 Å². The van der Waals surface area contributed by atoms with E-state index >= 15 is 0 Å². The number of rotatable bonds is 4. The Kier molecular flexibility index (Phi) is 4.88. The molecule has 8 nitrogen and oxygen atoms in total. The monoisotopic (exact) mass is 421 g/mol. The molecule has 158 valence electrons. The van der Waals surface area contributed by atoms with E-state index in [9.17, 15) is 18.0 Å². The summed E-state index contributed by atoms with van der Waals surface area (Å²) in [6.07, 6.45) is -4.83. The summed E-state index contributed by atoms with van der Waals surface area (Å²) in [5.74, 6) is 0.580. The highest BCUT2D eigenvalue weighted by Crippen LogP contribution is 2.44. The normalized spacial score (nSPS) is 18.4. The van der Waals surface area contributed by atoms with Crippen LogP contribution in [0.2, 0.25) is 0 Å². The lowest BCUT2D eigenvalue weighted by Crippen LogP contribution is -2.35. The number of fused-ring (bicyclic) bond motifs is 1. The maximum Gasteiger partial charge on any atom is 0.410 e. The van der Waals surface area contributed by atoms with E-state index in [2.05, 4.69) is 20.9 Å². The fraction of sp³-hybridized carbons (Fsp3) is 0.316. The number of methoxy groups -OCH3 is 1. The molecule has 1 aromatic carbocycles. The fourth-order valence-corrected chi connectivity index (χ4v) is 3.37. The van der Waals surface area contributed by atoms with Gasteiger partial charge in [0.05, 0.1) is 13.2 Å². The standard InChI is InChI=1S/C19H18F3N5O3/c1-10-6-16(26-30-10)24-18(28)14-9-17-23-13(11-4-3-5-12(7-11)29-2)8-15(19(20,21)22)27(17)25-14/h3-7,9,13,15,23H,8H2,1-2H3,(H,24,26,28)/t13-,15+/m1/s1. The summed E-state index contributed by atoms with van der Waals surface area (Å²) >= 11 is 0. The third-order valence-corrected chi connectivity index (χ3v) is 4.79. The number of nitrogens with one attached hydrogen (secondary N) is 2. The van der Waals surface area contributed by atoms with Crippen molar-refractivity contribution < 1.29 is 27.2 Å². The minimum Gasteiger partial charge on any atom is -0.497 e. The third kappa shape index (κ3) is 3.82. The summed E-state index contributed by atoms with van der Waals surface area (Å²) in [5, 5.41) is 13.0. The van der Waals surface area contributed by atoms with E-state index in [-0.39, 0.29) is 23.8 Å². The number of anilines is 2. The van der Waals surface area contributed by atoms with Crippen LogP contribution >= 0.6 is 0 Å². The van der Waals surface area contributed by atoms with Gasteiger partial charge in [0.2, 0.25) is 0 Å². The Morgan fingerprint density at radius 2 is 2.13 bits per heavy atom. The number of carbonyl (C=O) groups excluding carboxylic acids is 1. The molecule has 11 heteroatoms. The molecule has 0 aliphatic carbocycles. The number of aromatic nitrogens is 3. The fourth-order valence-electron chi connectivity index (χ4n) is 3.37. The van der Waals surface area contributed by atoms with Crippen molar-refractivity contribution in [3.63, 3.8) is 0 Å². The predicted octanol–water partition coefficient (Wildman–Crippen LogP) is 4.10. The van der Waals surface area contributed by atoms with Gasteiger partial charge in [0.25, 0.3) is 5.91 Å². The van der Waals surface area contributed by atoms with Crippen molar-refractivity contribution in [2.45, 2.75) is 31.6 Å². The number of nitrogens with zero attached hydrogens (tertiary/aromatic N) is 3. The molecule has 1 aliphatic rings.